The highest BCUT2D eigenvalue weighted by atomic mass is 32.2. The monoisotopic (exact) mass is 300 g/mol. The largest absolute Gasteiger partial charge is 0.377 e. The molecule has 0 bridgehead atoms. The third kappa shape index (κ3) is 3.09. The van der Waals surface area contributed by atoms with E-state index in [1.54, 1.807) is 0 Å². The molecule has 0 amide bonds. The van der Waals surface area contributed by atoms with E-state index in [0.717, 1.165) is 12.8 Å². The molecule has 1 aliphatic rings. The van der Waals surface area contributed by atoms with Crippen LogP contribution in [0.2, 0.25) is 0 Å². The average Bonchev–Trinajstić information content (AvgIpc) is 2.48. The van der Waals surface area contributed by atoms with Crippen LogP contribution in [0.5, 0.6) is 0 Å². The van der Waals surface area contributed by atoms with Crippen molar-refractivity contribution in [2.45, 2.75) is 30.8 Å². The smallest absolute Gasteiger partial charge is 0.246 e. The molecule has 0 spiro atoms. The van der Waals surface area contributed by atoms with E-state index in [1.807, 2.05) is 6.92 Å². The first-order valence-corrected chi connectivity index (χ1v) is 8.06. The van der Waals surface area contributed by atoms with Crippen LogP contribution in [-0.4, -0.2) is 43.5 Å². The fourth-order valence-electron chi connectivity index (χ4n) is 2.34. The van der Waals surface area contributed by atoms with Crippen molar-refractivity contribution in [2.75, 3.05) is 25.1 Å². The molecule has 2 rings (SSSR count). The van der Waals surface area contributed by atoms with E-state index in [2.05, 4.69) is 10.4 Å². The number of sulfonamides is 1. The Balaban J connectivity index is 2.25. The molecule has 0 saturated carbocycles. The molecule has 8 heteroatoms. The van der Waals surface area contributed by atoms with Gasteiger partial charge < -0.3 is 10.2 Å². The highest BCUT2D eigenvalue weighted by Crippen LogP contribution is 2.26. The molecule has 0 aliphatic carbocycles. The number of piperidine rings is 1. The van der Waals surface area contributed by atoms with Crippen molar-refractivity contribution < 1.29 is 13.2 Å². The van der Waals surface area contributed by atoms with Crippen LogP contribution in [0, 0.1) is 0 Å². The van der Waals surface area contributed by atoms with Crippen LogP contribution in [0.1, 0.15) is 19.8 Å². The highest BCUT2D eigenvalue weighted by molar-refractivity contribution is 7.89. The first kappa shape index (κ1) is 15.2. The summed E-state index contributed by atoms with van der Waals surface area (Å²) in [6.07, 6.45) is 4.43. The van der Waals surface area contributed by atoms with E-state index >= 15 is 0 Å². The molecule has 112 valence electrons. The minimum Gasteiger partial charge on any atom is -0.377 e. The number of nitrogens with one attached hydrogen (secondary N) is 1. The lowest BCUT2D eigenvalue weighted by Crippen LogP contribution is -2.43. The van der Waals surface area contributed by atoms with Crippen molar-refractivity contribution in [3.8, 4) is 0 Å². The average molecular weight is 300 g/mol. The maximum absolute atomic E-state index is 12.7. The van der Waals surface area contributed by atoms with Crippen LogP contribution in [0.3, 0.4) is 0 Å². The molecule has 1 fully saturated rings. The van der Waals surface area contributed by atoms with Gasteiger partial charge in [-0.3, -0.25) is 10.8 Å². The molecule has 1 atom stereocenters. The Kier molecular flexibility index (Phi) is 4.92. The summed E-state index contributed by atoms with van der Waals surface area (Å²) >= 11 is 0. The van der Waals surface area contributed by atoms with Gasteiger partial charge >= 0.3 is 0 Å². The lowest BCUT2D eigenvalue weighted by atomic mass is 10.1. The number of hydrazine groups is 1. The van der Waals surface area contributed by atoms with E-state index in [-0.39, 0.29) is 11.0 Å². The van der Waals surface area contributed by atoms with E-state index in [1.165, 1.54) is 22.8 Å². The second-order valence-corrected chi connectivity index (χ2v) is 6.51. The molecule has 3 N–H and O–H groups in total. The Morgan fingerprint density at radius 1 is 1.60 bits per heavy atom. The van der Waals surface area contributed by atoms with Gasteiger partial charge in [0.25, 0.3) is 0 Å². The first-order valence-electron chi connectivity index (χ1n) is 6.62. The van der Waals surface area contributed by atoms with E-state index < -0.39 is 10.0 Å². The van der Waals surface area contributed by atoms with Gasteiger partial charge in [-0.1, -0.05) is 0 Å². The van der Waals surface area contributed by atoms with Crippen molar-refractivity contribution in [1.82, 2.24) is 9.29 Å². The summed E-state index contributed by atoms with van der Waals surface area (Å²) in [5.41, 5.74) is 2.75. The molecule has 2 heterocycles. The standard InChI is InChI=1S/C12H20N4O3S/c1-2-19-10-4-3-7-16(9-10)20(17,18)12-8-14-6-5-11(12)15-13/h5-6,8,10H,2-4,7,9,13H2,1H3,(H,14,15). The number of rotatable bonds is 5. The van der Waals surface area contributed by atoms with E-state index in [9.17, 15) is 8.42 Å². The van der Waals surface area contributed by atoms with Gasteiger partial charge in [0.1, 0.15) is 4.90 Å². The Morgan fingerprint density at radius 2 is 2.40 bits per heavy atom. The molecule has 7 nitrogen and oxygen atoms in total. The van der Waals surface area contributed by atoms with Gasteiger partial charge in [-0.25, -0.2) is 8.42 Å². The minimum absolute atomic E-state index is 0.0468. The van der Waals surface area contributed by atoms with Gasteiger partial charge in [-0.15, -0.1) is 0 Å². The summed E-state index contributed by atoms with van der Waals surface area (Å²) in [7, 11) is -3.61. The molecule has 1 unspecified atom stereocenters. The maximum Gasteiger partial charge on any atom is 0.246 e. The number of anilines is 1. The van der Waals surface area contributed by atoms with Crippen LogP contribution in [0.4, 0.5) is 5.69 Å². The van der Waals surface area contributed by atoms with Gasteiger partial charge in [-0.2, -0.15) is 4.31 Å². The number of nitrogens with two attached hydrogens (primary N) is 1. The topological polar surface area (TPSA) is 97.5 Å². The van der Waals surface area contributed by atoms with Gasteiger partial charge in [0.2, 0.25) is 10.0 Å². The second kappa shape index (κ2) is 6.49. The molecule has 1 aromatic rings. The highest BCUT2D eigenvalue weighted by Gasteiger charge is 2.32. The fourth-order valence-corrected chi connectivity index (χ4v) is 3.95. The number of hydrogen-bond donors (Lipinski definition) is 2. The Bertz CT molecular complexity index is 547. The number of pyridine rings is 1. The van der Waals surface area contributed by atoms with Crippen LogP contribution in [0.25, 0.3) is 0 Å². The van der Waals surface area contributed by atoms with Crippen molar-refractivity contribution in [2.24, 2.45) is 5.84 Å². The fraction of sp³-hybridized carbons (Fsp3) is 0.583. The summed E-state index contributed by atoms with van der Waals surface area (Å²) in [6, 6.07) is 1.54. The lowest BCUT2D eigenvalue weighted by molar-refractivity contribution is 0.0265. The number of hydrogen-bond acceptors (Lipinski definition) is 6. The number of nitrogen functional groups attached to an aromatic ring is 1. The van der Waals surface area contributed by atoms with Gasteiger partial charge in [0.05, 0.1) is 11.8 Å². The zero-order valence-electron chi connectivity index (χ0n) is 11.4. The SMILES string of the molecule is CCOC1CCCN(S(=O)(=O)c2cnccc2NN)C1. The Hall–Kier alpha value is -1.22. The molecule has 1 saturated heterocycles. The van der Waals surface area contributed by atoms with Crippen LogP contribution >= 0.6 is 0 Å². The van der Waals surface area contributed by atoms with Crippen LogP contribution in [-0.2, 0) is 14.8 Å². The molecular formula is C12H20N4O3S. The normalized spacial score (nSPS) is 20.8. The van der Waals surface area contributed by atoms with Crippen molar-refractivity contribution >= 4 is 15.7 Å². The zero-order chi connectivity index (χ0) is 14.6. The maximum atomic E-state index is 12.7. The summed E-state index contributed by atoms with van der Waals surface area (Å²) in [4.78, 5) is 3.97. The second-order valence-electron chi connectivity index (χ2n) is 4.60. The van der Waals surface area contributed by atoms with Gasteiger partial charge in [-0.05, 0) is 25.8 Å². The summed E-state index contributed by atoms with van der Waals surface area (Å²) in [5.74, 6) is 5.37. The summed E-state index contributed by atoms with van der Waals surface area (Å²) in [5, 5.41) is 0. The number of nitrogens with zero attached hydrogens (tertiary/aromatic N) is 2. The molecule has 20 heavy (non-hydrogen) atoms. The minimum atomic E-state index is -3.61. The molecule has 1 aromatic heterocycles. The first-order chi connectivity index (χ1) is 9.59. The number of aromatic nitrogens is 1. The predicted octanol–water partition coefficient (Wildman–Crippen LogP) is 0.557. The van der Waals surface area contributed by atoms with Crippen LogP contribution in [0.15, 0.2) is 23.4 Å². The van der Waals surface area contributed by atoms with Gasteiger partial charge in [0, 0.05) is 32.1 Å². The van der Waals surface area contributed by atoms with Gasteiger partial charge in [0.15, 0.2) is 0 Å². The molecule has 1 aliphatic heterocycles. The van der Waals surface area contributed by atoms with E-state index in [4.69, 9.17) is 10.6 Å². The third-order valence-corrected chi connectivity index (χ3v) is 5.19. The summed E-state index contributed by atoms with van der Waals surface area (Å²) < 4.78 is 32.3. The Morgan fingerprint density at radius 3 is 3.10 bits per heavy atom. The van der Waals surface area contributed by atoms with Crippen molar-refractivity contribution in [1.29, 1.82) is 0 Å². The Labute approximate surface area is 119 Å². The quantitative estimate of drug-likeness (QED) is 0.609. The molecule has 0 radical (unpaired) electrons. The molecular weight excluding hydrogens is 280 g/mol. The predicted molar refractivity (Wildman–Crippen MR) is 75.5 cm³/mol. The zero-order valence-corrected chi connectivity index (χ0v) is 12.3. The number of ether oxygens (including phenoxy) is 1. The summed E-state index contributed by atoms with van der Waals surface area (Å²) in [6.45, 7) is 3.35. The third-order valence-electron chi connectivity index (χ3n) is 3.30. The molecule has 0 aromatic carbocycles. The lowest BCUT2D eigenvalue weighted by Gasteiger charge is -2.31. The van der Waals surface area contributed by atoms with Crippen LogP contribution < -0.4 is 11.3 Å². The van der Waals surface area contributed by atoms with Crippen molar-refractivity contribution in [3.63, 3.8) is 0 Å². The van der Waals surface area contributed by atoms with E-state index in [0.29, 0.717) is 25.4 Å². The van der Waals surface area contributed by atoms with Crippen molar-refractivity contribution in [3.05, 3.63) is 18.5 Å².